The summed E-state index contributed by atoms with van der Waals surface area (Å²) in [6.45, 7) is 2.67. The third-order valence-electron chi connectivity index (χ3n) is 3.55. The predicted octanol–water partition coefficient (Wildman–Crippen LogP) is -0.0638. The van der Waals surface area contributed by atoms with Gasteiger partial charge in [0.05, 0.1) is 19.3 Å². The van der Waals surface area contributed by atoms with E-state index < -0.39 is 6.10 Å². The first-order chi connectivity index (χ1) is 7.13. The number of hydroxylamine groups is 2. The van der Waals surface area contributed by atoms with Crippen LogP contribution in [0.15, 0.2) is 0 Å². The monoisotopic (exact) mass is 215 g/mol. The van der Waals surface area contributed by atoms with Crippen LogP contribution in [-0.2, 0) is 14.4 Å². The van der Waals surface area contributed by atoms with Gasteiger partial charge in [-0.25, -0.2) is 0 Å². The molecule has 0 aromatic carbocycles. The highest BCUT2D eigenvalue weighted by molar-refractivity contribution is 5.75. The molecule has 2 heterocycles. The molecule has 15 heavy (non-hydrogen) atoms. The normalized spacial score (nSPS) is 40.5. The Kier molecular flexibility index (Phi) is 2.70. The van der Waals surface area contributed by atoms with E-state index in [1.54, 1.807) is 0 Å². The smallest absolute Gasteiger partial charge is 0.313 e. The number of aliphatic hydroxyl groups is 1. The Morgan fingerprint density at radius 1 is 1.73 bits per heavy atom. The molecule has 0 aromatic heterocycles. The lowest BCUT2D eigenvalue weighted by Gasteiger charge is -2.29. The van der Waals surface area contributed by atoms with Crippen LogP contribution in [0.3, 0.4) is 0 Å². The standard InChI is InChI=1S/C10H17NO4/c1-10-4-3-5-11(10)15-7(6-12)8(10)9(13)14-2/h7-8,12H,3-6H2,1-2H3. The van der Waals surface area contributed by atoms with E-state index in [1.807, 2.05) is 12.0 Å². The number of rotatable bonds is 2. The summed E-state index contributed by atoms with van der Waals surface area (Å²) in [6.07, 6.45) is 1.47. The van der Waals surface area contributed by atoms with Gasteiger partial charge in [0.15, 0.2) is 0 Å². The lowest BCUT2D eigenvalue weighted by molar-refractivity contribution is -0.174. The minimum atomic E-state index is -0.456. The van der Waals surface area contributed by atoms with Crippen LogP contribution in [0.2, 0.25) is 0 Å². The molecule has 0 radical (unpaired) electrons. The Morgan fingerprint density at radius 2 is 2.47 bits per heavy atom. The van der Waals surface area contributed by atoms with Crippen LogP contribution in [-0.4, -0.2) is 48.0 Å². The maximum absolute atomic E-state index is 11.7. The van der Waals surface area contributed by atoms with Crippen molar-refractivity contribution in [2.24, 2.45) is 5.92 Å². The molecule has 2 aliphatic rings. The fourth-order valence-corrected chi connectivity index (χ4v) is 2.74. The highest BCUT2D eigenvalue weighted by Crippen LogP contribution is 2.44. The number of carbonyl (C=O) groups excluding carboxylic acids is 1. The van der Waals surface area contributed by atoms with Gasteiger partial charge in [0.2, 0.25) is 0 Å². The molecule has 5 nitrogen and oxygen atoms in total. The molecule has 86 valence electrons. The van der Waals surface area contributed by atoms with Crippen molar-refractivity contribution >= 4 is 5.97 Å². The van der Waals surface area contributed by atoms with Crippen LogP contribution in [0.25, 0.3) is 0 Å². The van der Waals surface area contributed by atoms with Crippen molar-refractivity contribution in [1.29, 1.82) is 0 Å². The molecule has 2 aliphatic heterocycles. The van der Waals surface area contributed by atoms with Crippen LogP contribution < -0.4 is 0 Å². The summed E-state index contributed by atoms with van der Waals surface area (Å²) in [5, 5.41) is 11.0. The largest absolute Gasteiger partial charge is 0.469 e. The number of ether oxygens (including phenoxy) is 1. The molecule has 0 aliphatic carbocycles. The van der Waals surface area contributed by atoms with Crippen molar-refractivity contribution in [1.82, 2.24) is 5.06 Å². The van der Waals surface area contributed by atoms with E-state index in [2.05, 4.69) is 0 Å². The van der Waals surface area contributed by atoms with E-state index in [-0.39, 0.29) is 24.0 Å². The summed E-state index contributed by atoms with van der Waals surface area (Å²) < 4.78 is 4.78. The summed E-state index contributed by atoms with van der Waals surface area (Å²) >= 11 is 0. The van der Waals surface area contributed by atoms with Gasteiger partial charge >= 0.3 is 5.97 Å². The molecule has 0 bridgehead atoms. The molecule has 0 aromatic rings. The molecule has 1 N–H and O–H groups in total. The van der Waals surface area contributed by atoms with Gasteiger partial charge in [-0.1, -0.05) is 0 Å². The first-order valence-electron chi connectivity index (χ1n) is 5.26. The number of esters is 1. The molecular weight excluding hydrogens is 198 g/mol. The molecule has 2 fully saturated rings. The number of fused-ring (bicyclic) bond motifs is 1. The van der Waals surface area contributed by atoms with E-state index in [0.29, 0.717) is 0 Å². The maximum Gasteiger partial charge on any atom is 0.313 e. The van der Waals surface area contributed by atoms with E-state index >= 15 is 0 Å². The molecule has 2 rings (SSSR count). The van der Waals surface area contributed by atoms with Crippen LogP contribution >= 0.6 is 0 Å². The van der Waals surface area contributed by atoms with Crippen molar-refractivity contribution in [3.8, 4) is 0 Å². The Morgan fingerprint density at radius 3 is 3.07 bits per heavy atom. The molecule has 0 amide bonds. The van der Waals surface area contributed by atoms with Gasteiger partial charge in [0.25, 0.3) is 0 Å². The van der Waals surface area contributed by atoms with E-state index in [1.165, 1.54) is 7.11 Å². The highest BCUT2D eigenvalue weighted by Gasteiger charge is 2.58. The van der Waals surface area contributed by atoms with Gasteiger partial charge in [-0.05, 0) is 19.8 Å². The summed E-state index contributed by atoms with van der Waals surface area (Å²) in [7, 11) is 1.37. The molecule has 3 atom stereocenters. The predicted molar refractivity (Wildman–Crippen MR) is 51.8 cm³/mol. The van der Waals surface area contributed by atoms with Gasteiger partial charge in [-0.3, -0.25) is 9.63 Å². The number of hydrogen-bond donors (Lipinski definition) is 1. The third kappa shape index (κ3) is 1.46. The van der Waals surface area contributed by atoms with Crippen molar-refractivity contribution in [3.05, 3.63) is 0 Å². The molecule has 2 saturated heterocycles. The molecule has 3 unspecified atom stereocenters. The van der Waals surface area contributed by atoms with Crippen LogP contribution in [0.4, 0.5) is 0 Å². The summed E-state index contributed by atoms with van der Waals surface area (Å²) in [4.78, 5) is 17.2. The van der Waals surface area contributed by atoms with Gasteiger partial charge < -0.3 is 9.84 Å². The maximum atomic E-state index is 11.7. The zero-order valence-corrected chi connectivity index (χ0v) is 9.10. The lowest BCUT2D eigenvalue weighted by Crippen LogP contribution is -2.45. The minimum Gasteiger partial charge on any atom is -0.469 e. The number of methoxy groups -OCH3 is 1. The SMILES string of the molecule is COC(=O)C1C(CO)ON2CCCC12C. The second-order valence-electron chi connectivity index (χ2n) is 4.39. The lowest BCUT2D eigenvalue weighted by atomic mass is 9.81. The van der Waals surface area contributed by atoms with Gasteiger partial charge in [0, 0.05) is 6.54 Å². The van der Waals surface area contributed by atoms with Crippen molar-refractivity contribution < 1.29 is 19.5 Å². The highest BCUT2D eigenvalue weighted by atomic mass is 16.7. The fourth-order valence-electron chi connectivity index (χ4n) is 2.74. The Balaban J connectivity index is 2.26. The van der Waals surface area contributed by atoms with E-state index in [9.17, 15) is 9.90 Å². The summed E-state index contributed by atoms with van der Waals surface area (Å²) in [6, 6.07) is 0. The molecule has 0 saturated carbocycles. The second kappa shape index (κ2) is 3.73. The van der Waals surface area contributed by atoms with Gasteiger partial charge in [0.1, 0.15) is 12.0 Å². The zero-order chi connectivity index (χ0) is 11.1. The Hall–Kier alpha value is -0.650. The number of carbonyl (C=O) groups is 1. The minimum absolute atomic E-state index is 0.147. The Labute approximate surface area is 88.9 Å². The van der Waals surface area contributed by atoms with Crippen LogP contribution in [0, 0.1) is 5.92 Å². The topological polar surface area (TPSA) is 59.0 Å². The van der Waals surface area contributed by atoms with Gasteiger partial charge in [-0.15, -0.1) is 0 Å². The molecular formula is C10H17NO4. The first kappa shape index (κ1) is 10.9. The average Bonchev–Trinajstić information content (AvgIpc) is 2.70. The Bertz CT molecular complexity index is 270. The number of hydrogen-bond acceptors (Lipinski definition) is 5. The third-order valence-corrected chi connectivity index (χ3v) is 3.55. The average molecular weight is 215 g/mol. The first-order valence-corrected chi connectivity index (χ1v) is 5.26. The van der Waals surface area contributed by atoms with Crippen LogP contribution in [0.1, 0.15) is 19.8 Å². The fraction of sp³-hybridized carbons (Fsp3) is 0.900. The van der Waals surface area contributed by atoms with Crippen LogP contribution in [0.5, 0.6) is 0 Å². The van der Waals surface area contributed by atoms with Crippen molar-refractivity contribution in [2.75, 3.05) is 20.3 Å². The second-order valence-corrected chi connectivity index (χ2v) is 4.39. The van der Waals surface area contributed by atoms with Crippen molar-refractivity contribution in [3.63, 3.8) is 0 Å². The zero-order valence-electron chi connectivity index (χ0n) is 9.10. The van der Waals surface area contributed by atoms with E-state index in [0.717, 1.165) is 19.4 Å². The number of aliphatic hydroxyl groups excluding tert-OH is 1. The molecule has 5 heteroatoms. The van der Waals surface area contributed by atoms with Crippen molar-refractivity contribution in [2.45, 2.75) is 31.4 Å². The summed E-state index contributed by atoms with van der Waals surface area (Å²) in [5.74, 6) is -0.670. The molecule has 0 spiro atoms. The summed E-state index contributed by atoms with van der Waals surface area (Å²) in [5.41, 5.74) is -0.305. The van der Waals surface area contributed by atoms with Gasteiger partial charge in [-0.2, -0.15) is 5.06 Å². The quantitative estimate of drug-likeness (QED) is 0.654. The van der Waals surface area contributed by atoms with E-state index in [4.69, 9.17) is 9.57 Å². The number of nitrogens with zero attached hydrogens (tertiary/aromatic N) is 1.